The van der Waals surface area contributed by atoms with Crippen molar-refractivity contribution in [1.82, 2.24) is 0 Å². The fraction of sp³-hybridized carbons (Fsp3) is 0.172. The molecule has 0 saturated carbocycles. The van der Waals surface area contributed by atoms with Gasteiger partial charge in [0.25, 0.3) is 0 Å². The topological polar surface area (TPSA) is 86.7 Å². The van der Waals surface area contributed by atoms with E-state index in [-0.39, 0.29) is 29.2 Å². The van der Waals surface area contributed by atoms with Crippen LogP contribution in [0.5, 0.6) is 23.0 Å². The van der Waals surface area contributed by atoms with Crippen molar-refractivity contribution in [3.05, 3.63) is 114 Å². The molecule has 0 atom stereocenters. The van der Waals surface area contributed by atoms with Gasteiger partial charge in [-0.25, -0.2) is 8.42 Å². The first-order valence-corrected chi connectivity index (χ1v) is 13.9. The molecule has 0 N–H and O–H groups in total. The Morgan fingerprint density at radius 1 is 0.684 bits per heavy atom. The van der Waals surface area contributed by atoms with Gasteiger partial charge in [-0.2, -0.15) is 14.5 Å². The summed E-state index contributed by atoms with van der Waals surface area (Å²) in [6, 6.07) is 31.5. The van der Waals surface area contributed by atoms with E-state index in [9.17, 15) is 8.42 Å². The van der Waals surface area contributed by atoms with Gasteiger partial charge in [0.2, 0.25) is 0 Å². The van der Waals surface area contributed by atoms with Crippen molar-refractivity contribution < 1.29 is 45.2 Å². The molecule has 0 bridgehead atoms. The molecule has 0 aromatic heterocycles. The van der Waals surface area contributed by atoms with Crippen molar-refractivity contribution in [1.29, 1.82) is 0 Å². The van der Waals surface area contributed by atoms with Crippen LogP contribution in [0.3, 0.4) is 0 Å². The fourth-order valence-corrected chi connectivity index (χ4v) is 4.20. The quantitative estimate of drug-likeness (QED) is 0.263. The summed E-state index contributed by atoms with van der Waals surface area (Å²) in [4.78, 5) is 0.146. The van der Waals surface area contributed by atoms with Crippen LogP contribution in [0.1, 0.15) is 30.5 Å². The van der Waals surface area contributed by atoms with Gasteiger partial charge in [-0.1, -0.05) is 55.8 Å². The summed E-state index contributed by atoms with van der Waals surface area (Å²) >= 11 is -0.750. The van der Waals surface area contributed by atoms with Crippen LogP contribution in [-0.4, -0.2) is 23.1 Å². The summed E-state index contributed by atoms with van der Waals surface area (Å²) in [6.07, 6.45) is 1.16. The van der Waals surface area contributed by atoms with Crippen molar-refractivity contribution in [2.75, 3.05) is 6.26 Å². The molecule has 0 unspecified atom stereocenters. The van der Waals surface area contributed by atoms with Crippen LogP contribution in [0.4, 0.5) is 0 Å². The van der Waals surface area contributed by atoms with E-state index in [2.05, 4.69) is 39.0 Å². The predicted molar refractivity (Wildman–Crippen MR) is 144 cm³/mol. The molecule has 0 aliphatic carbocycles. The molecule has 0 heterocycles. The van der Waals surface area contributed by atoms with E-state index in [4.69, 9.17) is 17.9 Å². The van der Waals surface area contributed by atoms with Gasteiger partial charge in [0.1, 0.15) is 17.2 Å². The molecular weight excluding hydrogens is 515 g/mol. The number of ether oxygens (including phenoxy) is 2. The Labute approximate surface area is 239 Å². The molecule has 6 nitrogen and oxygen atoms in total. The Kier molecular flexibility index (Phi) is 11.1. The molecule has 0 amide bonds. The Morgan fingerprint density at radius 3 is 1.42 bits per heavy atom. The van der Waals surface area contributed by atoms with Crippen molar-refractivity contribution in [3.8, 4) is 23.0 Å². The van der Waals surface area contributed by atoms with Gasteiger partial charge in [0.05, 0.1) is 0 Å². The zero-order valence-electron chi connectivity index (χ0n) is 21.9. The second-order valence-corrected chi connectivity index (χ2v) is 11.0. The van der Waals surface area contributed by atoms with Crippen LogP contribution in [0.15, 0.2) is 95.9 Å². The van der Waals surface area contributed by atoms with Crippen LogP contribution in [0.25, 0.3) is 0 Å². The largest absolute Gasteiger partial charge is 1.00 e. The Bertz CT molecular complexity index is 1460. The second kappa shape index (κ2) is 13.6. The SMILES string of the molecule is Cc1ccc(Oc2ccc(C(C)(C)c3ccc(Oc4c[c-]c(S(C)(=O)=O)cc4)cc3)cc2)cc1.O=S=O.[Li+]. The monoisotopic (exact) mass is 542 g/mol. The summed E-state index contributed by atoms with van der Waals surface area (Å²) < 4.78 is 51.6. The van der Waals surface area contributed by atoms with Gasteiger partial charge in [-0.05, 0) is 59.3 Å². The van der Waals surface area contributed by atoms with Crippen molar-refractivity contribution >= 4 is 21.4 Å². The maximum Gasteiger partial charge on any atom is 1.00 e. The Hall–Kier alpha value is -3.15. The van der Waals surface area contributed by atoms with Gasteiger partial charge < -0.3 is 9.47 Å². The molecule has 4 aromatic rings. The smallest absolute Gasteiger partial charge is 0.517 e. The third-order valence-electron chi connectivity index (χ3n) is 5.80. The van der Waals surface area contributed by atoms with Crippen molar-refractivity contribution in [2.45, 2.75) is 31.1 Å². The summed E-state index contributed by atoms with van der Waals surface area (Å²) in [5.41, 5.74) is 3.30. The van der Waals surface area contributed by atoms with Crippen molar-refractivity contribution in [2.24, 2.45) is 0 Å². The zero-order chi connectivity index (χ0) is 27.1. The molecule has 0 fully saturated rings. The van der Waals surface area contributed by atoms with Crippen LogP contribution in [-0.2, 0) is 26.8 Å². The van der Waals surface area contributed by atoms with Crippen LogP contribution < -0.4 is 28.3 Å². The third kappa shape index (κ3) is 8.43. The first-order valence-electron chi connectivity index (χ1n) is 11.3. The summed E-state index contributed by atoms with van der Waals surface area (Å²) in [5, 5.41) is 0. The van der Waals surface area contributed by atoms with Crippen LogP contribution >= 0.6 is 0 Å². The second-order valence-electron chi connectivity index (χ2n) is 8.92. The summed E-state index contributed by atoms with van der Waals surface area (Å²) in [5.74, 6) is 2.81. The first-order chi connectivity index (χ1) is 17.5. The van der Waals surface area contributed by atoms with Gasteiger partial charge in [0.15, 0.2) is 9.84 Å². The molecule has 0 radical (unpaired) electrons. The van der Waals surface area contributed by atoms with E-state index in [1.165, 1.54) is 23.3 Å². The number of benzene rings is 4. The van der Waals surface area contributed by atoms with E-state index < -0.39 is 21.4 Å². The molecule has 4 rings (SSSR count). The van der Waals surface area contributed by atoms with E-state index in [1.807, 2.05) is 60.7 Å². The number of sulfone groups is 1. The maximum atomic E-state index is 11.6. The maximum absolute atomic E-state index is 11.6. The number of aryl methyl sites for hydroxylation is 1. The molecule has 192 valence electrons. The normalized spacial score (nSPS) is 10.8. The van der Waals surface area contributed by atoms with E-state index >= 15 is 0 Å². The minimum Gasteiger partial charge on any atom is -0.517 e. The standard InChI is InChI=1S/C29H27O4S.Li.O2S/c1-21-5-11-24(12-6-21)32-25-13-7-22(8-14-25)29(2,3)23-9-15-26(16-10-23)33-27-17-19-28(20-18-27)34(4,30)31;;1-3-2/h5-19H,1-4H3;;/q-1;+1;. The predicted octanol–water partition coefficient (Wildman–Crippen LogP) is 3.44. The number of hydrogen-bond donors (Lipinski definition) is 0. The van der Waals surface area contributed by atoms with E-state index in [1.54, 1.807) is 6.07 Å². The summed E-state index contributed by atoms with van der Waals surface area (Å²) in [7, 11) is -3.28. The molecule has 9 heteroatoms. The molecule has 0 aliphatic rings. The average molecular weight is 543 g/mol. The van der Waals surface area contributed by atoms with Gasteiger partial charge in [0, 0.05) is 17.4 Å². The molecule has 0 aliphatic heterocycles. The first kappa shape index (κ1) is 31.1. The molecule has 0 spiro atoms. The molecular formula is C29H27LiO6S2. The minimum absolute atomic E-state index is 0. The van der Waals surface area contributed by atoms with Gasteiger partial charge >= 0.3 is 30.4 Å². The zero-order valence-corrected chi connectivity index (χ0v) is 23.6. The minimum atomic E-state index is -3.28. The number of hydrogen-bond acceptors (Lipinski definition) is 6. The Morgan fingerprint density at radius 2 is 1.05 bits per heavy atom. The van der Waals surface area contributed by atoms with E-state index in [0.717, 1.165) is 23.3 Å². The fourth-order valence-electron chi connectivity index (χ4n) is 3.61. The Balaban J connectivity index is 0.00000121. The van der Waals surface area contributed by atoms with Crippen LogP contribution in [0, 0.1) is 13.0 Å². The van der Waals surface area contributed by atoms with Crippen molar-refractivity contribution in [3.63, 3.8) is 0 Å². The van der Waals surface area contributed by atoms with Gasteiger partial charge in [-0.15, -0.1) is 18.2 Å². The third-order valence-corrected chi connectivity index (χ3v) is 6.85. The summed E-state index contributed by atoms with van der Waals surface area (Å²) in [6.45, 7) is 6.41. The van der Waals surface area contributed by atoms with E-state index in [0.29, 0.717) is 11.5 Å². The average Bonchev–Trinajstić information content (AvgIpc) is 2.86. The van der Waals surface area contributed by atoms with Crippen LogP contribution in [0.2, 0.25) is 0 Å². The molecule has 38 heavy (non-hydrogen) atoms. The molecule has 4 aromatic carbocycles. The van der Waals surface area contributed by atoms with Gasteiger partial charge in [-0.3, -0.25) is 0 Å². The molecule has 0 saturated heterocycles. The number of rotatable bonds is 7.